The predicted octanol–water partition coefficient (Wildman–Crippen LogP) is 5.54. The Hall–Kier alpha value is -0.0100. The Balaban J connectivity index is 4.57. The van der Waals surface area contributed by atoms with E-state index in [1.165, 1.54) is 11.1 Å². The third kappa shape index (κ3) is 5.66. The van der Waals surface area contributed by atoms with E-state index in [9.17, 15) is 0 Å². The Bertz CT molecular complexity index is 249. The maximum atomic E-state index is 6.02. The fraction of sp³-hybridized carbons (Fsp3) is 0.500. The number of halogens is 2. The smallest absolute Gasteiger partial charge is 0.0368 e. The fourth-order valence-corrected chi connectivity index (χ4v) is 2.07. The van der Waals surface area contributed by atoms with Gasteiger partial charge < -0.3 is 0 Å². The molecule has 0 atom stereocenters. The van der Waals surface area contributed by atoms with Gasteiger partial charge in [-0.05, 0) is 42.0 Å². The Labute approximate surface area is 101 Å². The zero-order valence-corrected chi connectivity index (χ0v) is 11.5. The summed E-state index contributed by atoms with van der Waals surface area (Å²) in [5.41, 5.74) is 2.55. The van der Waals surface area contributed by atoms with Crippen molar-refractivity contribution >= 4 is 27.5 Å². The quantitative estimate of drug-likeness (QED) is 0.578. The van der Waals surface area contributed by atoms with E-state index in [-0.39, 0.29) is 0 Å². The van der Waals surface area contributed by atoms with Crippen LogP contribution in [0, 0.1) is 0 Å². The molecule has 0 aliphatic heterocycles. The molecule has 0 heterocycles. The Morgan fingerprint density at radius 3 is 2.43 bits per heavy atom. The summed E-state index contributed by atoms with van der Waals surface area (Å²) in [7, 11) is 0. The van der Waals surface area contributed by atoms with Gasteiger partial charge in [0, 0.05) is 5.03 Å². The molecule has 0 nitrogen and oxygen atoms in total. The molecule has 0 unspecified atom stereocenters. The maximum absolute atomic E-state index is 6.02. The highest BCUT2D eigenvalue weighted by Gasteiger charge is 1.98. The van der Waals surface area contributed by atoms with E-state index in [1.807, 2.05) is 17.1 Å². The second kappa shape index (κ2) is 8.31. The number of allylic oxidation sites excluding steroid dienone is 5. The van der Waals surface area contributed by atoms with E-state index >= 15 is 0 Å². The third-order valence-electron chi connectivity index (χ3n) is 1.91. The van der Waals surface area contributed by atoms with Gasteiger partial charge in [-0.2, -0.15) is 0 Å². The van der Waals surface area contributed by atoms with Gasteiger partial charge in [-0.1, -0.05) is 53.9 Å². The Kier molecular flexibility index (Phi) is 8.30. The Morgan fingerprint density at radius 2 is 2.00 bits per heavy atom. The predicted molar refractivity (Wildman–Crippen MR) is 69.9 cm³/mol. The molecular formula is C12H18BrCl. The average Bonchev–Trinajstić information content (AvgIpc) is 2.14. The van der Waals surface area contributed by atoms with Crippen LogP contribution in [0.5, 0.6) is 0 Å². The minimum Gasteiger partial charge on any atom is -0.0847 e. The molecular weight excluding hydrogens is 259 g/mol. The standard InChI is InChI=1S/C12H18BrCl/c1-4-6-11(9-13)10(3)8-12(14)7-5-2/h7-9H,4-6H2,1-3H3/b10-8-,11-9+,12-7+. The molecule has 0 spiro atoms. The lowest BCUT2D eigenvalue weighted by molar-refractivity contribution is 0.914. The van der Waals surface area contributed by atoms with Gasteiger partial charge in [0.15, 0.2) is 0 Å². The molecule has 0 rings (SSSR count). The van der Waals surface area contributed by atoms with Gasteiger partial charge in [0.2, 0.25) is 0 Å². The summed E-state index contributed by atoms with van der Waals surface area (Å²) < 4.78 is 0. The van der Waals surface area contributed by atoms with Crippen LogP contribution in [0.4, 0.5) is 0 Å². The molecule has 0 bridgehead atoms. The van der Waals surface area contributed by atoms with Crippen LogP contribution < -0.4 is 0 Å². The van der Waals surface area contributed by atoms with Gasteiger partial charge in [0.25, 0.3) is 0 Å². The minimum absolute atomic E-state index is 0.827. The zero-order valence-electron chi connectivity index (χ0n) is 9.11. The van der Waals surface area contributed by atoms with Crippen molar-refractivity contribution in [2.45, 2.75) is 40.0 Å². The van der Waals surface area contributed by atoms with Crippen molar-refractivity contribution in [2.24, 2.45) is 0 Å². The van der Waals surface area contributed by atoms with Crippen LogP contribution in [-0.4, -0.2) is 0 Å². The molecule has 2 heteroatoms. The average molecular weight is 278 g/mol. The molecule has 0 amide bonds. The molecule has 0 saturated carbocycles. The highest BCUT2D eigenvalue weighted by molar-refractivity contribution is 9.11. The van der Waals surface area contributed by atoms with Crippen molar-refractivity contribution in [2.75, 3.05) is 0 Å². The molecule has 0 saturated heterocycles. The van der Waals surface area contributed by atoms with E-state index in [1.54, 1.807) is 0 Å². The van der Waals surface area contributed by atoms with Crippen molar-refractivity contribution < 1.29 is 0 Å². The first-order valence-corrected chi connectivity index (χ1v) is 6.28. The topological polar surface area (TPSA) is 0 Å². The fourth-order valence-electron chi connectivity index (χ4n) is 1.16. The van der Waals surface area contributed by atoms with Crippen molar-refractivity contribution in [1.29, 1.82) is 0 Å². The molecule has 0 aromatic heterocycles. The normalized spacial score (nSPS) is 14.8. The van der Waals surface area contributed by atoms with Gasteiger partial charge in [-0.25, -0.2) is 0 Å². The number of hydrogen-bond acceptors (Lipinski definition) is 0. The molecule has 0 aliphatic rings. The SMILES string of the molecule is CC\C=C(Cl)/C=C(C)\C(=C\Br)CCC. The molecule has 0 aliphatic carbocycles. The summed E-state index contributed by atoms with van der Waals surface area (Å²) in [5.74, 6) is 0. The summed E-state index contributed by atoms with van der Waals surface area (Å²) >= 11 is 9.40. The van der Waals surface area contributed by atoms with Crippen LogP contribution in [-0.2, 0) is 0 Å². The maximum Gasteiger partial charge on any atom is 0.0368 e. The number of hydrogen-bond donors (Lipinski definition) is 0. The molecule has 0 aromatic carbocycles. The molecule has 0 radical (unpaired) electrons. The molecule has 0 aromatic rings. The van der Waals surface area contributed by atoms with Crippen molar-refractivity contribution in [3.05, 3.63) is 33.3 Å². The Morgan fingerprint density at radius 1 is 1.36 bits per heavy atom. The largest absolute Gasteiger partial charge is 0.0847 e. The molecule has 0 fully saturated rings. The van der Waals surface area contributed by atoms with Crippen molar-refractivity contribution in [3.63, 3.8) is 0 Å². The first-order valence-electron chi connectivity index (χ1n) is 4.99. The first-order chi connectivity index (χ1) is 6.65. The van der Waals surface area contributed by atoms with Crippen LogP contribution in [0.2, 0.25) is 0 Å². The van der Waals surface area contributed by atoms with Gasteiger partial charge in [0.05, 0.1) is 0 Å². The minimum atomic E-state index is 0.827. The highest BCUT2D eigenvalue weighted by atomic mass is 79.9. The van der Waals surface area contributed by atoms with Crippen LogP contribution in [0.15, 0.2) is 33.3 Å². The lowest BCUT2D eigenvalue weighted by atomic mass is 10.0. The highest BCUT2D eigenvalue weighted by Crippen LogP contribution is 2.20. The van der Waals surface area contributed by atoms with Crippen molar-refractivity contribution in [1.82, 2.24) is 0 Å². The van der Waals surface area contributed by atoms with E-state index in [0.717, 1.165) is 24.3 Å². The van der Waals surface area contributed by atoms with Gasteiger partial charge in [-0.3, -0.25) is 0 Å². The van der Waals surface area contributed by atoms with E-state index in [0.29, 0.717) is 0 Å². The van der Waals surface area contributed by atoms with Gasteiger partial charge in [-0.15, -0.1) is 0 Å². The van der Waals surface area contributed by atoms with Crippen LogP contribution in [0.25, 0.3) is 0 Å². The lowest BCUT2D eigenvalue weighted by Gasteiger charge is -2.04. The summed E-state index contributed by atoms with van der Waals surface area (Å²) in [5, 5.41) is 0.827. The van der Waals surface area contributed by atoms with Crippen LogP contribution in [0.1, 0.15) is 40.0 Å². The van der Waals surface area contributed by atoms with E-state index in [4.69, 9.17) is 11.6 Å². The van der Waals surface area contributed by atoms with Crippen LogP contribution >= 0.6 is 27.5 Å². The summed E-state index contributed by atoms with van der Waals surface area (Å²) in [4.78, 5) is 1.98. The van der Waals surface area contributed by atoms with Gasteiger partial charge in [0.1, 0.15) is 0 Å². The second-order valence-corrected chi connectivity index (χ2v) is 4.10. The first kappa shape index (κ1) is 14.0. The van der Waals surface area contributed by atoms with Crippen molar-refractivity contribution in [3.8, 4) is 0 Å². The van der Waals surface area contributed by atoms with Gasteiger partial charge >= 0.3 is 0 Å². The summed E-state index contributed by atoms with van der Waals surface area (Å²) in [6.07, 6.45) is 7.25. The summed E-state index contributed by atoms with van der Waals surface area (Å²) in [6.45, 7) is 6.35. The number of rotatable bonds is 5. The third-order valence-corrected chi connectivity index (χ3v) is 2.73. The molecule has 14 heavy (non-hydrogen) atoms. The van der Waals surface area contributed by atoms with Crippen LogP contribution in [0.3, 0.4) is 0 Å². The second-order valence-electron chi connectivity index (χ2n) is 3.21. The lowest BCUT2D eigenvalue weighted by Crippen LogP contribution is -1.84. The molecule has 80 valence electrons. The zero-order chi connectivity index (χ0) is 11.0. The summed E-state index contributed by atoms with van der Waals surface area (Å²) in [6, 6.07) is 0. The monoisotopic (exact) mass is 276 g/mol. The molecule has 0 N–H and O–H groups in total. The van der Waals surface area contributed by atoms with E-state index in [2.05, 4.69) is 36.7 Å². The van der Waals surface area contributed by atoms with E-state index < -0.39 is 0 Å².